The van der Waals surface area contributed by atoms with Crippen LogP contribution in [0.2, 0.25) is 0 Å². The predicted molar refractivity (Wildman–Crippen MR) is 76.3 cm³/mol. The van der Waals surface area contributed by atoms with Crippen molar-refractivity contribution in [2.24, 2.45) is 0 Å². The zero-order valence-electron chi connectivity index (χ0n) is 11.2. The molecule has 2 heterocycles. The average molecular weight is 293 g/mol. The molecular weight excluding hydrogens is 278 g/mol. The minimum Gasteiger partial charge on any atom is -0.480 e. The van der Waals surface area contributed by atoms with Crippen LogP contribution in [-0.4, -0.2) is 26.8 Å². The Balaban J connectivity index is 2.07. The highest BCUT2D eigenvalue weighted by Crippen LogP contribution is 2.23. The molecule has 2 aromatic rings. The van der Waals surface area contributed by atoms with E-state index >= 15 is 0 Å². The Bertz CT molecular complexity index is 645. The molecule has 0 aliphatic carbocycles. The number of aromatic nitrogens is 2. The molecule has 1 amide bonds. The maximum atomic E-state index is 12.1. The molecule has 2 rings (SSSR count). The van der Waals surface area contributed by atoms with Gasteiger partial charge in [0.2, 0.25) is 0 Å². The largest absolute Gasteiger partial charge is 0.480 e. The predicted octanol–water partition coefficient (Wildman–Crippen LogP) is 2.15. The van der Waals surface area contributed by atoms with Crippen molar-refractivity contribution in [3.63, 3.8) is 0 Å². The van der Waals surface area contributed by atoms with Gasteiger partial charge in [0, 0.05) is 17.1 Å². The van der Waals surface area contributed by atoms with Gasteiger partial charge in [-0.25, -0.2) is 0 Å². The Kier molecular flexibility index (Phi) is 4.19. The molecule has 7 heteroatoms. The highest BCUT2D eigenvalue weighted by molar-refractivity contribution is 7.14. The van der Waals surface area contributed by atoms with Gasteiger partial charge in [-0.3, -0.25) is 14.3 Å². The van der Waals surface area contributed by atoms with Crippen LogP contribution in [0.1, 0.15) is 27.0 Å². The van der Waals surface area contributed by atoms with Crippen molar-refractivity contribution >= 4 is 29.0 Å². The first-order chi connectivity index (χ1) is 9.49. The van der Waals surface area contributed by atoms with Crippen LogP contribution in [-0.2, 0) is 17.8 Å². The number of aryl methyl sites for hydroxylation is 2. The summed E-state index contributed by atoms with van der Waals surface area (Å²) in [5.74, 6) is -0.855. The van der Waals surface area contributed by atoms with E-state index < -0.39 is 5.97 Å². The number of carboxylic acids is 1. The first-order valence-corrected chi connectivity index (χ1v) is 6.97. The Morgan fingerprint density at radius 3 is 2.85 bits per heavy atom. The first-order valence-electron chi connectivity index (χ1n) is 6.15. The summed E-state index contributed by atoms with van der Waals surface area (Å²) in [5.41, 5.74) is 1.11. The summed E-state index contributed by atoms with van der Waals surface area (Å²) < 4.78 is 1.26. The van der Waals surface area contributed by atoms with Gasteiger partial charge < -0.3 is 10.4 Å². The molecule has 0 bridgehead atoms. The molecule has 0 aromatic carbocycles. The van der Waals surface area contributed by atoms with Gasteiger partial charge in [-0.2, -0.15) is 5.10 Å². The van der Waals surface area contributed by atoms with Crippen molar-refractivity contribution in [3.05, 3.63) is 33.6 Å². The van der Waals surface area contributed by atoms with Gasteiger partial charge in [0.25, 0.3) is 5.91 Å². The minimum atomic E-state index is -0.979. The molecule has 106 valence electrons. The Hall–Kier alpha value is -2.15. The van der Waals surface area contributed by atoms with Crippen molar-refractivity contribution in [2.45, 2.75) is 26.8 Å². The second-order valence-corrected chi connectivity index (χ2v) is 5.45. The Morgan fingerprint density at radius 1 is 1.50 bits per heavy atom. The summed E-state index contributed by atoms with van der Waals surface area (Å²) in [4.78, 5) is 24.4. The molecule has 0 radical (unpaired) electrons. The minimum absolute atomic E-state index is 0.224. The molecule has 2 aromatic heterocycles. The van der Waals surface area contributed by atoms with Crippen molar-refractivity contribution in [3.8, 4) is 0 Å². The topological polar surface area (TPSA) is 84.2 Å². The van der Waals surface area contributed by atoms with Crippen molar-refractivity contribution in [1.82, 2.24) is 9.78 Å². The zero-order valence-corrected chi connectivity index (χ0v) is 12.0. The second-order valence-electron chi connectivity index (χ2n) is 4.32. The van der Waals surface area contributed by atoms with E-state index in [4.69, 9.17) is 5.11 Å². The van der Waals surface area contributed by atoms with Gasteiger partial charge in [0.15, 0.2) is 5.82 Å². The van der Waals surface area contributed by atoms with Crippen LogP contribution in [0, 0.1) is 6.92 Å². The standard InChI is InChI=1S/C13H15N3O3S/c1-3-9-8(2)6-10(20-9)13(19)14-11-4-5-16(15-11)7-12(17)18/h4-6H,3,7H2,1-2H3,(H,17,18)(H,14,15,19). The summed E-state index contributed by atoms with van der Waals surface area (Å²) in [6, 6.07) is 3.43. The lowest BCUT2D eigenvalue weighted by Gasteiger charge is -1.99. The van der Waals surface area contributed by atoms with E-state index in [2.05, 4.69) is 10.4 Å². The molecule has 6 nitrogen and oxygen atoms in total. The van der Waals surface area contributed by atoms with Gasteiger partial charge >= 0.3 is 5.97 Å². The molecular formula is C13H15N3O3S. The fraction of sp³-hybridized carbons (Fsp3) is 0.308. The summed E-state index contributed by atoms with van der Waals surface area (Å²) in [6.45, 7) is 3.80. The van der Waals surface area contributed by atoms with E-state index in [0.29, 0.717) is 10.7 Å². The molecule has 20 heavy (non-hydrogen) atoms. The highest BCUT2D eigenvalue weighted by Gasteiger charge is 2.13. The number of carbonyl (C=O) groups excluding carboxylic acids is 1. The number of rotatable bonds is 5. The van der Waals surface area contributed by atoms with Crippen molar-refractivity contribution < 1.29 is 14.7 Å². The average Bonchev–Trinajstić information content (AvgIpc) is 2.95. The van der Waals surface area contributed by atoms with Crippen molar-refractivity contribution in [1.29, 1.82) is 0 Å². The number of thiophene rings is 1. The summed E-state index contributed by atoms with van der Waals surface area (Å²) in [5, 5.41) is 15.3. The molecule has 0 fully saturated rings. The van der Waals surface area contributed by atoms with Crippen LogP contribution in [0.4, 0.5) is 5.82 Å². The Morgan fingerprint density at radius 2 is 2.25 bits per heavy atom. The third-order valence-electron chi connectivity index (χ3n) is 2.75. The second kappa shape index (κ2) is 5.87. The van der Waals surface area contributed by atoms with Gasteiger partial charge in [-0.15, -0.1) is 11.3 Å². The lowest BCUT2D eigenvalue weighted by Crippen LogP contribution is -2.13. The molecule has 0 unspecified atom stereocenters. The third kappa shape index (κ3) is 3.24. The van der Waals surface area contributed by atoms with E-state index in [9.17, 15) is 9.59 Å². The summed E-state index contributed by atoms with van der Waals surface area (Å²) in [7, 11) is 0. The van der Waals surface area contributed by atoms with Crippen LogP contribution in [0.3, 0.4) is 0 Å². The van der Waals surface area contributed by atoms with Gasteiger partial charge in [-0.1, -0.05) is 6.92 Å². The number of carbonyl (C=O) groups is 2. The quantitative estimate of drug-likeness (QED) is 0.884. The number of anilines is 1. The normalized spacial score (nSPS) is 10.5. The monoisotopic (exact) mass is 293 g/mol. The smallest absolute Gasteiger partial charge is 0.325 e. The number of hydrogen-bond acceptors (Lipinski definition) is 4. The van der Waals surface area contributed by atoms with E-state index in [1.165, 1.54) is 27.1 Å². The molecule has 0 saturated carbocycles. The fourth-order valence-electron chi connectivity index (χ4n) is 1.82. The van der Waals surface area contributed by atoms with E-state index in [-0.39, 0.29) is 12.5 Å². The Labute approximate surface area is 120 Å². The van der Waals surface area contributed by atoms with Crippen LogP contribution in [0.25, 0.3) is 0 Å². The van der Waals surface area contributed by atoms with Crippen LogP contribution < -0.4 is 5.32 Å². The van der Waals surface area contributed by atoms with Crippen LogP contribution in [0.5, 0.6) is 0 Å². The highest BCUT2D eigenvalue weighted by atomic mass is 32.1. The van der Waals surface area contributed by atoms with Gasteiger partial charge in [0.1, 0.15) is 6.54 Å². The molecule has 2 N–H and O–H groups in total. The van der Waals surface area contributed by atoms with Crippen LogP contribution in [0.15, 0.2) is 18.3 Å². The lowest BCUT2D eigenvalue weighted by molar-refractivity contribution is -0.137. The summed E-state index contributed by atoms with van der Waals surface area (Å²) >= 11 is 1.46. The van der Waals surface area contributed by atoms with E-state index in [1.807, 2.05) is 19.9 Å². The molecule has 0 spiro atoms. The molecule has 0 saturated heterocycles. The number of nitrogens with one attached hydrogen (secondary N) is 1. The van der Waals surface area contributed by atoms with E-state index in [0.717, 1.165) is 12.0 Å². The number of nitrogens with zero attached hydrogens (tertiary/aromatic N) is 2. The fourth-order valence-corrected chi connectivity index (χ4v) is 2.82. The number of carboxylic acid groups (broad SMARTS) is 1. The van der Waals surface area contributed by atoms with E-state index in [1.54, 1.807) is 6.07 Å². The maximum absolute atomic E-state index is 12.1. The molecule has 0 aliphatic rings. The lowest BCUT2D eigenvalue weighted by atomic mass is 10.2. The van der Waals surface area contributed by atoms with Gasteiger partial charge in [-0.05, 0) is 25.0 Å². The van der Waals surface area contributed by atoms with Crippen molar-refractivity contribution in [2.75, 3.05) is 5.32 Å². The van der Waals surface area contributed by atoms with Gasteiger partial charge in [0.05, 0.1) is 4.88 Å². The number of aliphatic carboxylic acids is 1. The number of amides is 1. The SMILES string of the molecule is CCc1sc(C(=O)Nc2ccn(CC(=O)O)n2)cc1C. The number of hydrogen-bond donors (Lipinski definition) is 2. The molecule has 0 atom stereocenters. The zero-order chi connectivity index (χ0) is 14.7. The molecule has 0 aliphatic heterocycles. The first kappa shape index (κ1) is 14.3. The maximum Gasteiger partial charge on any atom is 0.325 e. The summed E-state index contributed by atoms with van der Waals surface area (Å²) in [6.07, 6.45) is 2.41. The third-order valence-corrected chi connectivity index (χ3v) is 4.13. The van der Waals surface area contributed by atoms with Crippen LogP contribution >= 0.6 is 11.3 Å².